The number of amides is 2. The maximum Gasteiger partial charge on any atom is 0.434 e. The van der Waals surface area contributed by atoms with Gasteiger partial charge in [0.1, 0.15) is 15.4 Å². The molecule has 196 valence electrons. The molecule has 4 aromatic heterocycles. The van der Waals surface area contributed by atoms with Crippen molar-refractivity contribution in [2.45, 2.75) is 33.0 Å². The first-order valence-corrected chi connectivity index (χ1v) is 12.1. The molecule has 4 heterocycles. The van der Waals surface area contributed by atoms with E-state index in [1.165, 1.54) is 6.20 Å². The number of carbonyl (C=O) groups excluding carboxylic acids is 2. The maximum atomic E-state index is 13.7. The molecule has 37 heavy (non-hydrogen) atoms. The fourth-order valence-corrected chi connectivity index (χ4v) is 5.64. The Kier molecular flexibility index (Phi) is 6.83. The van der Waals surface area contributed by atoms with Crippen LogP contribution in [0.25, 0.3) is 21.3 Å². The fourth-order valence-electron chi connectivity index (χ4n) is 3.89. The molecule has 2 amide bonds. The zero-order valence-electron chi connectivity index (χ0n) is 19.2. The molecule has 4 aromatic rings. The SMILES string of the molecule is CCn1ncc(-c2cc(C(F)F)nc3sc(C(N)=O)c(NC(=O)c4nn(C)c(C(F)(F)F)c4Br)c23)c1C. The summed E-state index contributed by atoms with van der Waals surface area (Å²) in [5.74, 6) is -2.09. The predicted molar refractivity (Wildman–Crippen MR) is 129 cm³/mol. The number of halogens is 6. The molecule has 0 atom stereocenters. The average molecular weight is 606 g/mol. The third-order valence-corrected chi connectivity index (χ3v) is 7.38. The lowest BCUT2D eigenvalue weighted by Gasteiger charge is -2.11. The highest BCUT2D eigenvalue weighted by Gasteiger charge is 2.40. The Bertz CT molecular complexity index is 1560. The molecule has 9 nitrogen and oxygen atoms in total. The van der Waals surface area contributed by atoms with Crippen LogP contribution in [0.2, 0.25) is 0 Å². The monoisotopic (exact) mass is 605 g/mol. The van der Waals surface area contributed by atoms with Gasteiger partial charge in [-0.25, -0.2) is 13.8 Å². The van der Waals surface area contributed by atoms with E-state index in [1.54, 1.807) is 11.6 Å². The molecule has 0 radical (unpaired) electrons. The molecule has 0 saturated heterocycles. The van der Waals surface area contributed by atoms with E-state index in [1.807, 2.05) is 6.92 Å². The minimum atomic E-state index is -4.81. The molecule has 0 fully saturated rings. The van der Waals surface area contributed by atoms with E-state index in [0.29, 0.717) is 33.8 Å². The Hall–Kier alpha value is -3.40. The van der Waals surface area contributed by atoms with Gasteiger partial charge in [0.05, 0.1) is 16.4 Å². The summed E-state index contributed by atoms with van der Waals surface area (Å²) in [4.78, 5) is 29.0. The first kappa shape index (κ1) is 26.7. The van der Waals surface area contributed by atoms with Crippen LogP contribution in [0, 0.1) is 6.92 Å². The van der Waals surface area contributed by atoms with Crippen LogP contribution < -0.4 is 11.1 Å². The second-order valence-electron chi connectivity index (χ2n) is 7.79. The third kappa shape index (κ3) is 4.58. The number of hydrogen-bond acceptors (Lipinski definition) is 6. The second-order valence-corrected chi connectivity index (χ2v) is 9.58. The number of aryl methyl sites for hydroxylation is 2. The topological polar surface area (TPSA) is 121 Å². The molecular weight excluding hydrogens is 589 g/mol. The highest BCUT2D eigenvalue weighted by molar-refractivity contribution is 9.10. The van der Waals surface area contributed by atoms with Gasteiger partial charge in [0, 0.05) is 30.2 Å². The number of hydrogen-bond donors (Lipinski definition) is 2. The van der Waals surface area contributed by atoms with Crippen molar-refractivity contribution in [3.8, 4) is 11.1 Å². The van der Waals surface area contributed by atoms with Crippen molar-refractivity contribution in [1.29, 1.82) is 0 Å². The lowest BCUT2D eigenvalue weighted by Crippen LogP contribution is -2.17. The normalized spacial score (nSPS) is 12.1. The molecule has 0 aliphatic rings. The van der Waals surface area contributed by atoms with Crippen molar-refractivity contribution in [1.82, 2.24) is 24.5 Å². The number of primary amides is 1. The van der Waals surface area contributed by atoms with Crippen LogP contribution in [0.1, 0.15) is 50.6 Å². The van der Waals surface area contributed by atoms with E-state index >= 15 is 0 Å². The first-order valence-electron chi connectivity index (χ1n) is 10.4. The number of anilines is 1. The molecule has 0 aromatic carbocycles. The van der Waals surface area contributed by atoms with Crippen LogP contribution in [0.15, 0.2) is 16.7 Å². The van der Waals surface area contributed by atoms with E-state index < -0.39 is 46.0 Å². The van der Waals surface area contributed by atoms with Gasteiger partial charge in [-0.05, 0) is 41.4 Å². The van der Waals surface area contributed by atoms with Gasteiger partial charge in [-0.2, -0.15) is 23.4 Å². The molecule has 0 spiro atoms. The number of aromatic nitrogens is 5. The molecule has 0 aliphatic heterocycles. The number of nitrogens with one attached hydrogen (secondary N) is 1. The molecule has 0 saturated carbocycles. The highest BCUT2D eigenvalue weighted by Crippen LogP contribution is 2.44. The second kappa shape index (κ2) is 9.48. The largest absolute Gasteiger partial charge is 0.434 e. The van der Waals surface area contributed by atoms with Crippen LogP contribution in [0.4, 0.5) is 27.6 Å². The summed E-state index contributed by atoms with van der Waals surface area (Å²) in [7, 11) is 1.02. The Morgan fingerprint density at radius 3 is 2.46 bits per heavy atom. The number of fused-ring (bicyclic) bond motifs is 1. The van der Waals surface area contributed by atoms with Gasteiger partial charge in [0.25, 0.3) is 18.2 Å². The molecule has 0 unspecified atom stereocenters. The predicted octanol–water partition coefficient (Wildman–Crippen LogP) is 5.29. The summed E-state index contributed by atoms with van der Waals surface area (Å²) in [5, 5.41) is 10.4. The van der Waals surface area contributed by atoms with Crippen molar-refractivity contribution in [2.75, 3.05) is 5.32 Å². The van der Waals surface area contributed by atoms with E-state index in [4.69, 9.17) is 5.73 Å². The number of nitrogens with zero attached hydrogens (tertiary/aromatic N) is 5. The first-order chi connectivity index (χ1) is 17.3. The summed E-state index contributed by atoms with van der Waals surface area (Å²) in [6, 6.07) is 1.11. The third-order valence-electron chi connectivity index (χ3n) is 5.53. The van der Waals surface area contributed by atoms with Gasteiger partial charge in [0.15, 0.2) is 11.4 Å². The summed E-state index contributed by atoms with van der Waals surface area (Å²) in [5.41, 5.74) is 4.15. The lowest BCUT2D eigenvalue weighted by molar-refractivity contribution is -0.144. The van der Waals surface area contributed by atoms with E-state index in [-0.39, 0.29) is 26.3 Å². The van der Waals surface area contributed by atoms with Crippen LogP contribution in [-0.4, -0.2) is 36.4 Å². The smallest absolute Gasteiger partial charge is 0.365 e. The lowest BCUT2D eigenvalue weighted by atomic mass is 10.0. The molecule has 4 rings (SSSR count). The number of carbonyl (C=O) groups is 2. The molecule has 3 N–H and O–H groups in total. The van der Waals surface area contributed by atoms with Crippen molar-refractivity contribution >= 4 is 55.0 Å². The summed E-state index contributed by atoms with van der Waals surface area (Å²) < 4.78 is 69.1. The van der Waals surface area contributed by atoms with Gasteiger partial charge >= 0.3 is 6.18 Å². The fraction of sp³-hybridized carbons (Fsp3) is 0.286. The number of pyridine rings is 1. The Labute approximate surface area is 217 Å². The minimum Gasteiger partial charge on any atom is -0.365 e. The minimum absolute atomic E-state index is 0.0309. The van der Waals surface area contributed by atoms with Crippen LogP contribution in [0.3, 0.4) is 0 Å². The zero-order chi connectivity index (χ0) is 27.4. The number of thiophene rings is 1. The number of rotatable bonds is 6. The van der Waals surface area contributed by atoms with E-state index in [2.05, 4.69) is 36.4 Å². The van der Waals surface area contributed by atoms with Gasteiger partial charge in [0.2, 0.25) is 0 Å². The van der Waals surface area contributed by atoms with Crippen molar-refractivity contribution in [3.63, 3.8) is 0 Å². The van der Waals surface area contributed by atoms with Crippen molar-refractivity contribution in [2.24, 2.45) is 12.8 Å². The molecule has 16 heteroatoms. The molecular formula is C21H17BrF5N7O2S. The van der Waals surface area contributed by atoms with Gasteiger partial charge < -0.3 is 11.1 Å². The summed E-state index contributed by atoms with van der Waals surface area (Å²) in [6.07, 6.45) is -6.32. The van der Waals surface area contributed by atoms with Crippen LogP contribution in [-0.2, 0) is 19.8 Å². The summed E-state index contributed by atoms with van der Waals surface area (Å²) in [6.45, 7) is 4.03. The van der Waals surface area contributed by atoms with Gasteiger partial charge in [-0.3, -0.25) is 19.0 Å². The van der Waals surface area contributed by atoms with Crippen molar-refractivity contribution in [3.05, 3.63) is 44.4 Å². The highest BCUT2D eigenvalue weighted by atomic mass is 79.9. The van der Waals surface area contributed by atoms with Crippen molar-refractivity contribution < 1.29 is 31.5 Å². The quantitative estimate of drug-likeness (QED) is 0.289. The Morgan fingerprint density at radius 1 is 1.27 bits per heavy atom. The standard InChI is InChI=1S/C21H17BrF5N7O2S/c1-4-34-7(2)9(6-29-34)8-5-10(17(23)24)30-20-11(8)13(15(37-20)18(28)35)31-19(36)14-12(22)16(21(25,26)27)33(3)32-14/h5-6,17H,4H2,1-3H3,(H2,28,35)(H,31,36). The molecule has 0 aliphatic carbocycles. The van der Waals surface area contributed by atoms with E-state index in [0.717, 1.165) is 13.1 Å². The number of nitrogens with two attached hydrogens (primary N) is 1. The van der Waals surface area contributed by atoms with Crippen LogP contribution in [0.5, 0.6) is 0 Å². The molecule has 0 bridgehead atoms. The Morgan fingerprint density at radius 2 is 1.95 bits per heavy atom. The number of alkyl halides is 5. The maximum absolute atomic E-state index is 13.7. The zero-order valence-corrected chi connectivity index (χ0v) is 21.6. The van der Waals surface area contributed by atoms with Crippen LogP contribution >= 0.6 is 27.3 Å². The average Bonchev–Trinajstić information content (AvgIpc) is 3.45. The summed E-state index contributed by atoms with van der Waals surface area (Å²) >= 11 is 3.44. The van der Waals surface area contributed by atoms with E-state index in [9.17, 15) is 31.5 Å². The van der Waals surface area contributed by atoms with Gasteiger partial charge in [-0.1, -0.05) is 0 Å². The Balaban J connectivity index is 1.96. The van der Waals surface area contributed by atoms with Gasteiger partial charge in [-0.15, -0.1) is 11.3 Å².